The number of hydrogen-bond acceptors (Lipinski definition) is 2. The molecule has 2 nitrogen and oxygen atoms in total. The van der Waals surface area contributed by atoms with E-state index in [0.29, 0.717) is 6.79 Å². The lowest BCUT2D eigenvalue weighted by molar-refractivity contribution is 0.174. The highest BCUT2D eigenvalue weighted by molar-refractivity contribution is 6.34. The molecule has 1 aliphatic heterocycles. The van der Waals surface area contributed by atoms with Gasteiger partial charge in [0.15, 0.2) is 11.5 Å². The topological polar surface area (TPSA) is 18.5 Å². The van der Waals surface area contributed by atoms with Crippen LogP contribution in [0.1, 0.15) is 0 Å². The minimum Gasteiger partial charge on any atom is -0.454 e. The maximum absolute atomic E-state index is 5.16. The number of rotatable bonds is 0. The Morgan fingerprint density at radius 1 is 1.30 bits per heavy atom. The predicted molar refractivity (Wildman–Crippen MR) is 38.0 cm³/mol. The number of ether oxygens (including phenoxy) is 2. The standard InChI is InChI=1S/C7H5O2Si/c10-6-3-1-2-5-7(6)9-4-8-5/h1-3H,4H2. The van der Waals surface area contributed by atoms with Crippen LogP contribution < -0.4 is 14.7 Å². The first-order chi connectivity index (χ1) is 4.88. The molecule has 1 aromatic carbocycles. The van der Waals surface area contributed by atoms with Crippen molar-refractivity contribution < 1.29 is 9.47 Å². The Kier molecular flexibility index (Phi) is 1.17. The molecule has 0 fully saturated rings. The summed E-state index contributed by atoms with van der Waals surface area (Å²) in [7, 11) is 3.39. The van der Waals surface area contributed by atoms with Crippen molar-refractivity contribution in [3.63, 3.8) is 0 Å². The van der Waals surface area contributed by atoms with Gasteiger partial charge >= 0.3 is 0 Å². The first-order valence-electron chi connectivity index (χ1n) is 2.98. The molecule has 49 valence electrons. The molecule has 1 aliphatic rings. The summed E-state index contributed by atoms with van der Waals surface area (Å²) in [4.78, 5) is 0. The molecule has 1 heterocycles. The summed E-state index contributed by atoms with van der Waals surface area (Å²) < 4.78 is 10.3. The van der Waals surface area contributed by atoms with E-state index in [9.17, 15) is 0 Å². The van der Waals surface area contributed by atoms with Gasteiger partial charge in [-0.3, -0.25) is 0 Å². The van der Waals surface area contributed by atoms with Crippen LogP contribution >= 0.6 is 0 Å². The fourth-order valence-corrected chi connectivity index (χ4v) is 1.22. The molecule has 0 N–H and O–H groups in total. The smallest absolute Gasteiger partial charge is 0.231 e. The van der Waals surface area contributed by atoms with Crippen molar-refractivity contribution in [1.29, 1.82) is 0 Å². The van der Waals surface area contributed by atoms with E-state index in [1.165, 1.54) is 0 Å². The van der Waals surface area contributed by atoms with Crippen molar-refractivity contribution in [2.24, 2.45) is 0 Å². The summed E-state index contributed by atoms with van der Waals surface area (Å²) >= 11 is 0. The monoisotopic (exact) mass is 149 g/mol. The predicted octanol–water partition coefficient (Wildman–Crippen LogP) is 0.209. The van der Waals surface area contributed by atoms with Crippen LogP contribution in [-0.2, 0) is 0 Å². The molecule has 0 aromatic heterocycles. The van der Waals surface area contributed by atoms with Crippen LogP contribution in [0.5, 0.6) is 11.5 Å². The second-order valence-corrected chi connectivity index (χ2v) is 2.58. The third-order valence-corrected chi connectivity index (χ3v) is 1.79. The normalized spacial score (nSPS) is 13.7. The largest absolute Gasteiger partial charge is 0.454 e. The quantitative estimate of drug-likeness (QED) is 0.491. The van der Waals surface area contributed by atoms with Gasteiger partial charge in [-0.2, -0.15) is 0 Å². The molecule has 3 heteroatoms. The molecule has 0 amide bonds. The molecule has 1 aromatic rings. The highest BCUT2D eigenvalue weighted by atomic mass is 28.1. The van der Waals surface area contributed by atoms with Crippen molar-refractivity contribution in [1.82, 2.24) is 0 Å². The molecular formula is C7H5O2Si. The Bertz CT molecular complexity index is 260. The lowest BCUT2D eigenvalue weighted by atomic mass is 10.3. The lowest BCUT2D eigenvalue weighted by Gasteiger charge is -1.96. The van der Waals surface area contributed by atoms with Crippen LogP contribution in [0.2, 0.25) is 0 Å². The average Bonchev–Trinajstić information content (AvgIpc) is 2.36. The van der Waals surface area contributed by atoms with Crippen LogP contribution in [-0.4, -0.2) is 17.0 Å². The maximum atomic E-state index is 5.16. The second-order valence-electron chi connectivity index (χ2n) is 2.04. The third-order valence-electron chi connectivity index (χ3n) is 1.40. The first-order valence-corrected chi connectivity index (χ1v) is 3.48. The number of hydrogen-bond donors (Lipinski definition) is 0. The minimum atomic E-state index is 0.330. The zero-order valence-electron chi connectivity index (χ0n) is 5.26. The van der Waals surface area contributed by atoms with Gasteiger partial charge in [0.1, 0.15) is 0 Å². The summed E-state index contributed by atoms with van der Waals surface area (Å²) in [6, 6.07) is 5.71. The van der Waals surface area contributed by atoms with Gasteiger partial charge in [-0.15, -0.1) is 0 Å². The van der Waals surface area contributed by atoms with Gasteiger partial charge in [-0.25, -0.2) is 0 Å². The van der Waals surface area contributed by atoms with E-state index in [4.69, 9.17) is 9.47 Å². The number of para-hydroxylation sites is 1. The summed E-state index contributed by atoms with van der Waals surface area (Å²) in [5.41, 5.74) is 0. The molecule has 3 radical (unpaired) electrons. The molecule has 0 aliphatic carbocycles. The molecule has 0 spiro atoms. The summed E-state index contributed by atoms with van der Waals surface area (Å²) in [5.74, 6) is 1.62. The van der Waals surface area contributed by atoms with Gasteiger partial charge < -0.3 is 9.47 Å². The number of benzene rings is 1. The summed E-state index contributed by atoms with van der Waals surface area (Å²) in [6.45, 7) is 0.330. The first kappa shape index (κ1) is 5.79. The summed E-state index contributed by atoms with van der Waals surface area (Å²) in [6.07, 6.45) is 0. The highest BCUT2D eigenvalue weighted by Crippen LogP contribution is 2.28. The third kappa shape index (κ3) is 0.708. The molecule has 0 saturated carbocycles. The van der Waals surface area contributed by atoms with Crippen LogP contribution in [0.4, 0.5) is 0 Å². The van der Waals surface area contributed by atoms with E-state index in [-0.39, 0.29) is 0 Å². The highest BCUT2D eigenvalue weighted by Gasteiger charge is 2.13. The van der Waals surface area contributed by atoms with E-state index in [1.54, 1.807) is 0 Å². The Balaban J connectivity index is 2.59. The van der Waals surface area contributed by atoms with E-state index < -0.39 is 0 Å². The molecule has 0 saturated heterocycles. The minimum absolute atomic E-state index is 0.330. The fraction of sp³-hybridized carbons (Fsp3) is 0.143. The summed E-state index contributed by atoms with van der Waals surface area (Å²) in [5, 5.41) is 0.940. The van der Waals surface area contributed by atoms with Crippen LogP contribution in [0.15, 0.2) is 18.2 Å². The lowest BCUT2D eigenvalue weighted by Crippen LogP contribution is -2.04. The van der Waals surface area contributed by atoms with E-state index in [2.05, 4.69) is 10.2 Å². The van der Waals surface area contributed by atoms with Crippen LogP contribution in [0.25, 0.3) is 0 Å². The molecule has 0 unspecified atom stereocenters. The van der Waals surface area contributed by atoms with Crippen molar-refractivity contribution in [3.8, 4) is 11.5 Å². The van der Waals surface area contributed by atoms with E-state index in [0.717, 1.165) is 16.7 Å². The molecule has 0 atom stereocenters. The molecule has 10 heavy (non-hydrogen) atoms. The zero-order chi connectivity index (χ0) is 6.97. The fourth-order valence-electron chi connectivity index (χ4n) is 0.930. The molecular weight excluding hydrogens is 144 g/mol. The van der Waals surface area contributed by atoms with Crippen LogP contribution in [0, 0.1) is 0 Å². The van der Waals surface area contributed by atoms with Crippen molar-refractivity contribution in [2.45, 2.75) is 0 Å². The maximum Gasteiger partial charge on any atom is 0.231 e. The van der Waals surface area contributed by atoms with E-state index >= 15 is 0 Å². The van der Waals surface area contributed by atoms with E-state index in [1.807, 2.05) is 18.2 Å². The SMILES string of the molecule is [Si]c1cccc2c1OCO2. The van der Waals surface area contributed by atoms with Crippen molar-refractivity contribution in [2.75, 3.05) is 6.79 Å². The zero-order valence-corrected chi connectivity index (χ0v) is 6.26. The Labute approximate surface area is 62.2 Å². The van der Waals surface area contributed by atoms with Gasteiger partial charge in [0.2, 0.25) is 6.79 Å². The second kappa shape index (κ2) is 2.02. The van der Waals surface area contributed by atoms with Gasteiger partial charge in [-0.1, -0.05) is 12.1 Å². The average molecular weight is 149 g/mol. The molecule has 0 bridgehead atoms. The van der Waals surface area contributed by atoms with Gasteiger partial charge in [0.05, 0.1) is 10.2 Å². The van der Waals surface area contributed by atoms with Gasteiger partial charge in [-0.05, 0) is 11.3 Å². The molecule has 2 rings (SSSR count). The van der Waals surface area contributed by atoms with Gasteiger partial charge in [0, 0.05) is 0 Å². The van der Waals surface area contributed by atoms with Crippen molar-refractivity contribution in [3.05, 3.63) is 18.2 Å². The number of fused-ring (bicyclic) bond motifs is 1. The van der Waals surface area contributed by atoms with Crippen molar-refractivity contribution >= 4 is 15.4 Å². The van der Waals surface area contributed by atoms with Crippen LogP contribution in [0.3, 0.4) is 0 Å². The van der Waals surface area contributed by atoms with Gasteiger partial charge in [0.25, 0.3) is 0 Å². The Hall–Kier alpha value is -0.963. The Morgan fingerprint density at radius 3 is 3.00 bits per heavy atom. The Morgan fingerprint density at radius 2 is 2.20 bits per heavy atom.